The van der Waals surface area contributed by atoms with Crippen LogP contribution in [0.15, 0.2) is 42.4 Å². The first-order valence-corrected chi connectivity index (χ1v) is 8.93. The quantitative estimate of drug-likeness (QED) is 0.833. The van der Waals surface area contributed by atoms with E-state index in [-0.39, 0.29) is 25.0 Å². The standard InChI is InChI=1S/C18H19N3O3S/c1-2-16(23)20-9-4-6-13-14(5-3-7-15(13)20)17(24)21(10-11-22)18-19-8-12-25-18/h2-3,5,7-8,12,22H,1,4,6,9-11H2. The lowest BCUT2D eigenvalue weighted by molar-refractivity contribution is -0.114. The number of benzene rings is 1. The van der Waals surface area contributed by atoms with Gasteiger partial charge in [-0.05, 0) is 36.6 Å². The molecule has 0 atom stereocenters. The molecule has 1 aliphatic rings. The van der Waals surface area contributed by atoms with Crippen molar-refractivity contribution >= 4 is 34.0 Å². The molecule has 3 rings (SSSR count). The summed E-state index contributed by atoms with van der Waals surface area (Å²) in [5.74, 6) is -0.383. The molecule has 2 aromatic rings. The number of aliphatic hydroxyl groups is 1. The lowest BCUT2D eigenvalue weighted by Crippen LogP contribution is -2.37. The highest BCUT2D eigenvalue weighted by atomic mass is 32.1. The molecule has 1 aromatic carbocycles. The summed E-state index contributed by atoms with van der Waals surface area (Å²) in [4.78, 5) is 32.5. The first-order chi connectivity index (χ1) is 12.2. The minimum Gasteiger partial charge on any atom is -0.395 e. The van der Waals surface area contributed by atoms with E-state index in [4.69, 9.17) is 0 Å². The van der Waals surface area contributed by atoms with Gasteiger partial charge in [0.25, 0.3) is 5.91 Å². The van der Waals surface area contributed by atoms with Crippen LogP contribution in [0.5, 0.6) is 0 Å². The highest BCUT2D eigenvalue weighted by Gasteiger charge is 2.28. The predicted octanol–water partition coefficient (Wildman–Crippen LogP) is 2.25. The topological polar surface area (TPSA) is 73.7 Å². The molecule has 1 N–H and O–H groups in total. The van der Waals surface area contributed by atoms with Crippen LogP contribution in [-0.2, 0) is 11.2 Å². The fraction of sp³-hybridized carbons (Fsp3) is 0.278. The summed E-state index contributed by atoms with van der Waals surface area (Å²) >= 11 is 1.35. The van der Waals surface area contributed by atoms with Gasteiger partial charge in [-0.25, -0.2) is 4.98 Å². The van der Waals surface area contributed by atoms with E-state index in [1.54, 1.807) is 28.6 Å². The number of hydrogen-bond donors (Lipinski definition) is 1. The lowest BCUT2D eigenvalue weighted by Gasteiger charge is -2.30. The smallest absolute Gasteiger partial charge is 0.260 e. The second-order valence-corrected chi connectivity index (χ2v) is 6.47. The van der Waals surface area contributed by atoms with Gasteiger partial charge in [0.05, 0.1) is 13.2 Å². The summed E-state index contributed by atoms with van der Waals surface area (Å²) < 4.78 is 0. The molecule has 0 saturated heterocycles. The van der Waals surface area contributed by atoms with Crippen LogP contribution < -0.4 is 9.80 Å². The van der Waals surface area contributed by atoms with Crippen LogP contribution in [0, 0.1) is 0 Å². The molecule has 1 aromatic heterocycles. The molecular formula is C18H19N3O3S. The summed E-state index contributed by atoms with van der Waals surface area (Å²) in [6.45, 7) is 4.19. The third kappa shape index (κ3) is 3.33. The Balaban J connectivity index is 2.01. The average molecular weight is 357 g/mol. The molecule has 25 heavy (non-hydrogen) atoms. The van der Waals surface area contributed by atoms with E-state index in [9.17, 15) is 14.7 Å². The number of aliphatic hydroxyl groups excluding tert-OH is 1. The van der Waals surface area contributed by atoms with Gasteiger partial charge in [-0.15, -0.1) is 11.3 Å². The van der Waals surface area contributed by atoms with Gasteiger partial charge in [-0.1, -0.05) is 12.6 Å². The van der Waals surface area contributed by atoms with Crippen molar-refractivity contribution in [1.82, 2.24) is 4.98 Å². The van der Waals surface area contributed by atoms with Crippen LogP contribution in [-0.4, -0.2) is 41.6 Å². The van der Waals surface area contributed by atoms with Gasteiger partial charge < -0.3 is 10.0 Å². The van der Waals surface area contributed by atoms with Crippen LogP contribution in [0.2, 0.25) is 0 Å². The van der Waals surface area contributed by atoms with Gasteiger partial charge in [0.1, 0.15) is 0 Å². The molecule has 0 spiro atoms. The van der Waals surface area contributed by atoms with Crippen LogP contribution in [0.25, 0.3) is 0 Å². The maximum absolute atomic E-state index is 13.1. The van der Waals surface area contributed by atoms with Crippen LogP contribution in [0.1, 0.15) is 22.3 Å². The SMILES string of the molecule is C=CC(=O)N1CCCc2c(C(=O)N(CCO)c3nccs3)cccc21. The maximum atomic E-state index is 13.1. The second kappa shape index (κ2) is 7.58. The summed E-state index contributed by atoms with van der Waals surface area (Å²) in [6.07, 6.45) is 4.43. The molecule has 7 heteroatoms. The number of rotatable bonds is 5. The fourth-order valence-electron chi connectivity index (χ4n) is 3.04. The molecular weight excluding hydrogens is 338 g/mol. The molecule has 0 unspecified atom stereocenters. The number of nitrogens with zero attached hydrogens (tertiary/aromatic N) is 3. The Labute approximate surface area is 150 Å². The molecule has 130 valence electrons. The van der Waals surface area contributed by atoms with Crippen molar-refractivity contribution in [3.63, 3.8) is 0 Å². The number of aromatic nitrogens is 1. The maximum Gasteiger partial charge on any atom is 0.260 e. The number of thiazole rings is 1. The number of amides is 2. The minimum atomic E-state index is -0.214. The molecule has 6 nitrogen and oxygen atoms in total. The van der Waals surface area contributed by atoms with Gasteiger partial charge in [-0.3, -0.25) is 14.5 Å². The van der Waals surface area contributed by atoms with Crippen molar-refractivity contribution in [1.29, 1.82) is 0 Å². The van der Waals surface area contributed by atoms with Gasteiger partial charge in [0, 0.05) is 29.4 Å². The van der Waals surface area contributed by atoms with E-state index in [1.807, 2.05) is 6.07 Å². The number of anilines is 2. The van der Waals surface area contributed by atoms with Gasteiger partial charge in [-0.2, -0.15) is 0 Å². The number of carbonyl (C=O) groups is 2. The predicted molar refractivity (Wildman–Crippen MR) is 98.2 cm³/mol. The zero-order valence-electron chi connectivity index (χ0n) is 13.7. The Kier molecular flexibility index (Phi) is 5.25. The first-order valence-electron chi connectivity index (χ1n) is 8.05. The molecule has 0 fully saturated rings. The summed E-state index contributed by atoms with van der Waals surface area (Å²) in [5.41, 5.74) is 2.15. The number of carbonyl (C=O) groups excluding carboxylic acids is 2. The fourth-order valence-corrected chi connectivity index (χ4v) is 3.71. The largest absolute Gasteiger partial charge is 0.395 e. The molecule has 2 amide bonds. The van der Waals surface area contributed by atoms with Crippen molar-refractivity contribution in [3.8, 4) is 0 Å². The molecule has 1 aliphatic heterocycles. The summed E-state index contributed by atoms with van der Waals surface area (Å²) in [5, 5.41) is 11.7. The Morgan fingerprint density at radius 1 is 1.44 bits per heavy atom. The second-order valence-electron chi connectivity index (χ2n) is 5.60. The Morgan fingerprint density at radius 2 is 2.28 bits per heavy atom. The average Bonchev–Trinajstić information content (AvgIpc) is 3.18. The lowest BCUT2D eigenvalue weighted by atomic mass is 9.95. The van der Waals surface area contributed by atoms with Crippen LogP contribution in [0.3, 0.4) is 0 Å². The van der Waals surface area contributed by atoms with Crippen LogP contribution in [0.4, 0.5) is 10.8 Å². The Hall–Kier alpha value is -2.51. The van der Waals surface area contributed by atoms with E-state index in [0.717, 1.165) is 24.1 Å². The molecule has 0 saturated carbocycles. The molecule has 0 aliphatic carbocycles. The third-order valence-corrected chi connectivity index (χ3v) is 4.94. The van der Waals surface area contributed by atoms with E-state index in [0.29, 0.717) is 17.2 Å². The van der Waals surface area contributed by atoms with E-state index < -0.39 is 0 Å². The van der Waals surface area contributed by atoms with E-state index >= 15 is 0 Å². The molecule has 0 bridgehead atoms. The van der Waals surface area contributed by atoms with Gasteiger partial charge >= 0.3 is 0 Å². The normalized spacial score (nSPS) is 13.2. The van der Waals surface area contributed by atoms with Gasteiger partial charge in [0.2, 0.25) is 5.91 Å². The Morgan fingerprint density at radius 3 is 2.96 bits per heavy atom. The van der Waals surface area contributed by atoms with Gasteiger partial charge in [0.15, 0.2) is 5.13 Å². The van der Waals surface area contributed by atoms with Crippen molar-refractivity contribution in [2.45, 2.75) is 12.8 Å². The molecule has 0 radical (unpaired) electrons. The number of fused-ring (bicyclic) bond motifs is 1. The highest BCUT2D eigenvalue weighted by Crippen LogP contribution is 2.32. The zero-order valence-corrected chi connectivity index (χ0v) is 14.5. The van der Waals surface area contributed by atoms with E-state index in [2.05, 4.69) is 11.6 Å². The highest BCUT2D eigenvalue weighted by molar-refractivity contribution is 7.13. The monoisotopic (exact) mass is 357 g/mol. The van der Waals surface area contributed by atoms with Crippen molar-refractivity contribution in [3.05, 3.63) is 53.6 Å². The van der Waals surface area contributed by atoms with Crippen molar-refractivity contribution < 1.29 is 14.7 Å². The minimum absolute atomic E-state index is 0.151. The third-order valence-electron chi connectivity index (χ3n) is 4.14. The molecule has 2 heterocycles. The van der Waals surface area contributed by atoms with Crippen molar-refractivity contribution in [2.24, 2.45) is 0 Å². The first kappa shape index (κ1) is 17.3. The zero-order chi connectivity index (χ0) is 17.8. The summed E-state index contributed by atoms with van der Waals surface area (Å²) in [6, 6.07) is 5.40. The van der Waals surface area contributed by atoms with Crippen LogP contribution >= 0.6 is 11.3 Å². The number of hydrogen-bond acceptors (Lipinski definition) is 5. The Bertz CT molecular complexity index is 789. The van der Waals surface area contributed by atoms with E-state index in [1.165, 1.54) is 22.3 Å². The summed E-state index contributed by atoms with van der Waals surface area (Å²) in [7, 11) is 0. The van der Waals surface area contributed by atoms with Crippen molar-refractivity contribution in [2.75, 3.05) is 29.5 Å².